The second kappa shape index (κ2) is 7.78. The molecule has 0 radical (unpaired) electrons. The predicted molar refractivity (Wildman–Crippen MR) is 107 cm³/mol. The van der Waals surface area contributed by atoms with Crippen LogP contribution in [0.25, 0.3) is 10.9 Å². The van der Waals surface area contributed by atoms with E-state index in [1.165, 1.54) is 5.56 Å². The summed E-state index contributed by atoms with van der Waals surface area (Å²) < 4.78 is 0. The molecule has 0 aliphatic carbocycles. The number of nitrogens with zero attached hydrogens (tertiary/aromatic N) is 1. The number of hydrogen-bond donors (Lipinski definition) is 1. The van der Waals surface area contributed by atoms with Crippen LogP contribution >= 0.6 is 0 Å². The zero-order valence-corrected chi connectivity index (χ0v) is 15.4. The van der Waals surface area contributed by atoms with E-state index in [2.05, 4.69) is 29.2 Å². The van der Waals surface area contributed by atoms with E-state index in [0.29, 0.717) is 11.5 Å². The van der Waals surface area contributed by atoms with Gasteiger partial charge in [0.2, 0.25) is 5.91 Å². The smallest absolute Gasteiger partial charge is 0.223 e. The van der Waals surface area contributed by atoms with Crippen LogP contribution in [-0.2, 0) is 4.79 Å². The molecule has 4 heteroatoms. The van der Waals surface area contributed by atoms with Crippen molar-refractivity contribution in [3.63, 3.8) is 0 Å². The van der Waals surface area contributed by atoms with E-state index in [0.717, 1.165) is 36.8 Å². The van der Waals surface area contributed by atoms with Crippen LogP contribution in [0.5, 0.6) is 0 Å². The number of nitrogens with one attached hydrogen (secondary N) is 1. The minimum absolute atomic E-state index is 0.0278. The Labute approximate surface area is 159 Å². The van der Waals surface area contributed by atoms with Crippen molar-refractivity contribution in [3.8, 4) is 0 Å². The number of H-pyrrole nitrogens is 1. The third-order valence-electron chi connectivity index (χ3n) is 5.57. The number of carbonyl (C=O) groups excluding carboxylic acids is 2. The summed E-state index contributed by atoms with van der Waals surface area (Å²) in [7, 11) is 0. The first kappa shape index (κ1) is 17.5. The molecule has 1 amide bonds. The van der Waals surface area contributed by atoms with Gasteiger partial charge >= 0.3 is 0 Å². The number of carbonyl (C=O) groups is 2. The molecule has 0 spiro atoms. The van der Waals surface area contributed by atoms with Gasteiger partial charge in [0.25, 0.3) is 0 Å². The van der Waals surface area contributed by atoms with Gasteiger partial charge in [-0.15, -0.1) is 0 Å². The van der Waals surface area contributed by atoms with Crippen LogP contribution < -0.4 is 0 Å². The number of aromatic nitrogens is 1. The highest BCUT2D eigenvalue weighted by molar-refractivity contribution is 6.08. The maximum absolute atomic E-state index is 12.6. The third kappa shape index (κ3) is 3.80. The van der Waals surface area contributed by atoms with Gasteiger partial charge in [-0.25, -0.2) is 0 Å². The monoisotopic (exact) mass is 360 g/mol. The van der Waals surface area contributed by atoms with Crippen LogP contribution in [0.4, 0.5) is 0 Å². The fraction of sp³-hybridized carbons (Fsp3) is 0.304. The Bertz CT molecular complexity index is 937. The second-order valence-electron chi connectivity index (χ2n) is 7.24. The number of amides is 1. The van der Waals surface area contributed by atoms with Crippen molar-refractivity contribution in [2.75, 3.05) is 13.1 Å². The van der Waals surface area contributed by atoms with Gasteiger partial charge in [0.05, 0.1) is 0 Å². The summed E-state index contributed by atoms with van der Waals surface area (Å²) in [4.78, 5) is 30.1. The van der Waals surface area contributed by atoms with Gasteiger partial charge in [0.15, 0.2) is 5.78 Å². The number of rotatable bonds is 5. The molecule has 1 saturated heterocycles. The van der Waals surface area contributed by atoms with Gasteiger partial charge < -0.3 is 9.88 Å². The molecule has 27 heavy (non-hydrogen) atoms. The van der Waals surface area contributed by atoms with Crippen molar-refractivity contribution < 1.29 is 9.59 Å². The standard InChI is InChI=1S/C23H24N2O2/c26-22(20-16-24-21-9-5-4-8-19(20)21)10-11-23(27)25-14-12-18(13-15-25)17-6-2-1-3-7-17/h1-9,16,18,24H,10-15H2. The average molecular weight is 360 g/mol. The predicted octanol–water partition coefficient (Wildman–Crippen LogP) is 4.54. The fourth-order valence-corrected chi connectivity index (χ4v) is 4.00. The number of Topliss-reactive ketones (excluding diaryl/α,β-unsaturated/α-hetero) is 1. The molecule has 1 aromatic heterocycles. The Morgan fingerprint density at radius 3 is 2.41 bits per heavy atom. The molecule has 1 aliphatic rings. The summed E-state index contributed by atoms with van der Waals surface area (Å²) in [5.41, 5.74) is 3.00. The lowest BCUT2D eigenvalue weighted by Gasteiger charge is -2.32. The number of para-hydroxylation sites is 1. The van der Waals surface area contributed by atoms with Crippen LogP contribution in [0.3, 0.4) is 0 Å². The summed E-state index contributed by atoms with van der Waals surface area (Å²) in [6.45, 7) is 1.55. The number of piperidine rings is 1. The molecule has 0 saturated carbocycles. The Hall–Kier alpha value is -2.88. The molecule has 4 nitrogen and oxygen atoms in total. The molecule has 1 fully saturated rings. The van der Waals surface area contributed by atoms with E-state index in [1.807, 2.05) is 35.2 Å². The largest absolute Gasteiger partial charge is 0.360 e. The number of fused-ring (bicyclic) bond motifs is 1. The zero-order valence-electron chi connectivity index (χ0n) is 15.4. The highest BCUT2D eigenvalue weighted by Gasteiger charge is 2.24. The first-order valence-corrected chi connectivity index (χ1v) is 9.64. The van der Waals surface area contributed by atoms with Gasteiger partial charge in [0.1, 0.15) is 0 Å². The Kier molecular flexibility index (Phi) is 5.05. The average Bonchev–Trinajstić information content (AvgIpc) is 3.17. The minimum atomic E-state index is 0.0278. The van der Waals surface area contributed by atoms with Crippen LogP contribution in [0, 0.1) is 0 Å². The summed E-state index contributed by atoms with van der Waals surface area (Å²) in [5.74, 6) is 0.651. The number of hydrogen-bond acceptors (Lipinski definition) is 2. The molecule has 4 rings (SSSR count). The van der Waals surface area contributed by atoms with Crippen LogP contribution in [0.1, 0.15) is 47.5 Å². The number of ketones is 1. The molecule has 0 unspecified atom stereocenters. The van der Waals surface area contributed by atoms with Gasteiger partial charge in [0, 0.05) is 48.6 Å². The molecule has 3 aromatic rings. The summed E-state index contributed by atoms with van der Waals surface area (Å²) in [6.07, 6.45) is 4.29. The van der Waals surface area contributed by atoms with Crippen molar-refractivity contribution in [1.29, 1.82) is 0 Å². The molecule has 138 valence electrons. The lowest BCUT2D eigenvalue weighted by atomic mass is 9.89. The number of benzene rings is 2. The minimum Gasteiger partial charge on any atom is -0.360 e. The molecule has 2 aromatic carbocycles. The second-order valence-corrected chi connectivity index (χ2v) is 7.24. The molecule has 2 heterocycles. The van der Waals surface area contributed by atoms with Gasteiger partial charge in [-0.05, 0) is 30.4 Å². The molecule has 1 N–H and O–H groups in total. The number of aromatic amines is 1. The molecular formula is C23H24N2O2. The molecule has 0 atom stereocenters. The zero-order chi connectivity index (χ0) is 18.6. The lowest BCUT2D eigenvalue weighted by Crippen LogP contribution is -2.38. The van der Waals surface area contributed by atoms with Crippen molar-refractivity contribution in [2.45, 2.75) is 31.6 Å². The topological polar surface area (TPSA) is 53.2 Å². The fourth-order valence-electron chi connectivity index (χ4n) is 4.00. The van der Waals surface area contributed by atoms with E-state index in [-0.39, 0.29) is 24.5 Å². The quantitative estimate of drug-likeness (QED) is 0.679. The normalized spacial score (nSPS) is 15.2. The summed E-state index contributed by atoms with van der Waals surface area (Å²) in [5, 5.41) is 0.929. The Balaban J connectivity index is 1.30. The Morgan fingerprint density at radius 1 is 0.926 bits per heavy atom. The van der Waals surface area contributed by atoms with E-state index in [1.54, 1.807) is 6.20 Å². The SMILES string of the molecule is O=C(CCC(=O)N1CCC(c2ccccc2)CC1)c1c[nH]c2ccccc12. The van der Waals surface area contributed by atoms with Crippen LogP contribution in [0.15, 0.2) is 60.8 Å². The molecule has 0 bridgehead atoms. The summed E-state index contributed by atoms with van der Waals surface area (Å²) >= 11 is 0. The van der Waals surface area contributed by atoms with Crippen LogP contribution in [-0.4, -0.2) is 34.7 Å². The van der Waals surface area contributed by atoms with Gasteiger partial charge in [-0.2, -0.15) is 0 Å². The van der Waals surface area contributed by atoms with Crippen molar-refractivity contribution in [1.82, 2.24) is 9.88 Å². The lowest BCUT2D eigenvalue weighted by molar-refractivity contribution is -0.132. The number of likely N-dealkylation sites (tertiary alicyclic amines) is 1. The summed E-state index contributed by atoms with van der Waals surface area (Å²) in [6, 6.07) is 18.3. The van der Waals surface area contributed by atoms with Crippen molar-refractivity contribution in [2.24, 2.45) is 0 Å². The first-order valence-electron chi connectivity index (χ1n) is 9.64. The Morgan fingerprint density at radius 2 is 1.63 bits per heavy atom. The van der Waals surface area contributed by atoms with Gasteiger partial charge in [-0.3, -0.25) is 9.59 Å². The highest BCUT2D eigenvalue weighted by atomic mass is 16.2. The van der Waals surface area contributed by atoms with Gasteiger partial charge in [-0.1, -0.05) is 48.5 Å². The van der Waals surface area contributed by atoms with Crippen molar-refractivity contribution in [3.05, 3.63) is 71.9 Å². The van der Waals surface area contributed by atoms with Crippen LogP contribution in [0.2, 0.25) is 0 Å². The van der Waals surface area contributed by atoms with E-state index in [4.69, 9.17) is 0 Å². The molecular weight excluding hydrogens is 336 g/mol. The molecule has 1 aliphatic heterocycles. The maximum Gasteiger partial charge on any atom is 0.223 e. The maximum atomic E-state index is 12.6. The highest BCUT2D eigenvalue weighted by Crippen LogP contribution is 2.28. The van der Waals surface area contributed by atoms with E-state index in [9.17, 15) is 9.59 Å². The van der Waals surface area contributed by atoms with E-state index >= 15 is 0 Å². The first-order chi connectivity index (χ1) is 13.2. The van der Waals surface area contributed by atoms with Crippen molar-refractivity contribution >= 4 is 22.6 Å². The third-order valence-corrected chi connectivity index (χ3v) is 5.57. The van der Waals surface area contributed by atoms with E-state index < -0.39 is 0 Å².